The van der Waals surface area contributed by atoms with Crippen molar-refractivity contribution in [1.82, 2.24) is 14.9 Å². The van der Waals surface area contributed by atoms with Gasteiger partial charge in [0.2, 0.25) is 10.0 Å². The first-order valence-electron chi connectivity index (χ1n) is 9.32. The molecular formula is C20H20ClN3O6S. The second-order valence-electron chi connectivity index (χ2n) is 6.72. The summed E-state index contributed by atoms with van der Waals surface area (Å²) in [6.45, 7) is 1.87. The molecule has 3 rings (SSSR count). The lowest BCUT2D eigenvalue weighted by molar-refractivity contribution is -0.136. The standard InChI is InChI=1S/C20H20ClN3O6S/c1-13(18(25)24-10-9-22-20(24)27)30-19(26)15-7-8-16(21)17(11-15)31(28,29)23-12-14-5-3-2-4-6-14/h2-8,11,13,23H,9-10,12H2,1H3,(H,22,27). The number of sulfonamides is 1. The zero-order valence-corrected chi connectivity index (χ0v) is 18.1. The van der Waals surface area contributed by atoms with Gasteiger partial charge in [0.25, 0.3) is 5.91 Å². The zero-order valence-electron chi connectivity index (χ0n) is 16.5. The Morgan fingerprint density at radius 3 is 2.58 bits per heavy atom. The fraction of sp³-hybridized carbons (Fsp3) is 0.250. The van der Waals surface area contributed by atoms with Crippen molar-refractivity contribution < 1.29 is 27.5 Å². The Kier molecular flexibility index (Phi) is 6.94. The van der Waals surface area contributed by atoms with Gasteiger partial charge in [-0.3, -0.25) is 9.69 Å². The highest BCUT2D eigenvalue weighted by atomic mass is 35.5. The van der Waals surface area contributed by atoms with Crippen LogP contribution in [0.1, 0.15) is 22.8 Å². The highest BCUT2D eigenvalue weighted by molar-refractivity contribution is 7.89. The number of imide groups is 1. The number of urea groups is 1. The molecule has 1 atom stereocenters. The largest absolute Gasteiger partial charge is 0.449 e. The molecule has 0 bridgehead atoms. The van der Waals surface area contributed by atoms with Gasteiger partial charge in [0.15, 0.2) is 6.10 Å². The van der Waals surface area contributed by atoms with Gasteiger partial charge in [-0.15, -0.1) is 0 Å². The highest BCUT2D eigenvalue weighted by Gasteiger charge is 2.32. The maximum Gasteiger partial charge on any atom is 0.338 e. The van der Waals surface area contributed by atoms with Gasteiger partial charge in [-0.2, -0.15) is 0 Å². The summed E-state index contributed by atoms with van der Waals surface area (Å²) >= 11 is 6.05. The molecule has 11 heteroatoms. The molecule has 1 saturated heterocycles. The van der Waals surface area contributed by atoms with Gasteiger partial charge in [0, 0.05) is 19.6 Å². The minimum absolute atomic E-state index is 0.0393. The van der Waals surface area contributed by atoms with Gasteiger partial charge >= 0.3 is 12.0 Å². The van der Waals surface area contributed by atoms with Gasteiger partial charge in [-0.25, -0.2) is 22.7 Å². The number of nitrogens with zero attached hydrogens (tertiary/aromatic N) is 1. The molecule has 2 N–H and O–H groups in total. The van der Waals surface area contributed by atoms with E-state index < -0.39 is 34.0 Å². The molecule has 0 radical (unpaired) electrons. The van der Waals surface area contributed by atoms with Crippen LogP contribution in [0.5, 0.6) is 0 Å². The smallest absolute Gasteiger partial charge is 0.338 e. The van der Waals surface area contributed by atoms with Gasteiger partial charge in [-0.1, -0.05) is 41.9 Å². The Labute approximate surface area is 184 Å². The fourth-order valence-corrected chi connectivity index (χ4v) is 4.41. The minimum atomic E-state index is -4.03. The van der Waals surface area contributed by atoms with Gasteiger partial charge in [-0.05, 0) is 30.7 Å². The van der Waals surface area contributed by atoms with Crippen LogP contribution in [-0.2, 0) is 26.1 Å². The lowest BCUT2D eigenvalue weighted by atomic mass is 10.2. The maximum atomic E-state index is 12.7. The quantitative estimate of drug-likeness (QED) is 0.602. The number of rotatable bonds is 7. The van der Waals surface area contributed by atoms with E-state index in [2.05, 4.69) is 10.0 Å². The second-order valence-corrected chi connectivity index (χ2v) is 8.87. The predicted octanol–water partition coefficient (Wildman–Crippen LogP) is 1.92. The average molecular weight is 466 g/mol. The van der Waals surface area contributed by atoms with E-state index in [-0.39, 0.29) is 28.6 Å². The molecule has 2 aromatic carbocycles. The first-order chi connectivity index (χ1) is 14.7. The number of amides is 3. The predicted molar refractivity (Wildman–Crippen MR) is 112 cm³/mol. The molecule has 9 nitrogen and oxygen atoms in total. The minimum Gasteiger partial charge on any atom is -0.449 e. The molecule has 1 fully saturated rings. The van der Waals surface area contributed by atoms with Gasteiger partial charge in [0.05, 0.1) is 10.6 Å². The normalized spacial score (nSPS) is 14.8. The van der Waals surface area contributed by atoms with E-state index in [1.807, 2.05) is 6.07 Å². The Morgan fingerprint density at radius 1 is 1.23 bits per heavy atom. The first-order valence-corrected chi connectivity index (χ1v) is 11.2. The summed E-state index contributed by atoms with van der Waals surface area (Å²) in [4.78, 5) is 37.0. The van der Waals surface area contributed by atoms with Crippen LogP contribution < -0.4 is 10.0 Å². The molecule has 164 valence electrons. The summed E-state index contributed by atoms with van der Waals surface area (Å²) in [6.07, 6.45) is -1.23. The van der Waals surface area contributed by atoms with Crippen LogP contribution in [0.3, 0.4) is 0 Å². The number of benzene rings is 2. The SMILES string of the molecule is CC(OC(=O)c1ccc(Cl)c(S(=O)(=O)NCc2ccccc2)c1)C(=O)N1CCNC1=O. The van der Waals surface area contributed by atoms with Crippen LogP contribution in [0.15, 0.2) is 53.4 Å². The second kappa shape index (κ2) is 9.46. The van der Waals surface area contributed by atoms with Crippen molar-refractivity contribution in [2.24, 2.45) is 0 Å². The molecule has 0 spiro atoms. The molecular weight excluding hydrogens is 446 g/mol. The molecule has 0 saturated carbocycles. The average Bonchev–Trinajstić information content (AvgIpc) is 3.18. The van der Waals surface area contributed by atoms with Crippen LogP contribution in [-0.4, -0.2) is 50.4 Å². The Bertz CT molecular complexity index is 1110. The number of ether oxygens (including phenoxy) is 1. The molecule has 0 aromatic heterocycles. The van der Waals surface area contributed by atoms with E-state index in [0.29, 0.717) is 6.54 Å². The summed E-state index contributed by atoms with van der Waals surface area (Å²) in [5, 5.41) is 2.41. The molecule has 3 amide bonds. The number of halogens is 1. The molecule has 1 aliphatic heterocycles. The van der Waals surface area contributed by atoms with Crippen LogP contribution in [0, 0.1) is 0 Å². The van der Waals surface area contributed by atoms with Crippen molar-refractivity contribution in [3.63, 3.8) is 0 Å². The van der Waals surface area contributed by atoms with Crippen molar-refractivity contribution in [3.8, 4) is 0 Å². The van der Waals surface area contributed by atoms with E-state index in [4.69, 9.17) is 16.3 Å². The summed E-state index contributed by atoms with van der Waals surface area (Å²) < 4.78 is 32.9. The lowest BCUT2D eigenvalue weighted by Gasteiger charge is -2.18. The van der Waals surface area contributed by atoms with Crippen LogP contribution in [0.25, 0.3) is 0 Å². The van der Waals surface area contributed by atoms with Crippen molar-refractivity contribution in [1.29, 1.82) is 0 Å². The molecule has 31 heavy (non-hydrogen) atoms. The number of hydrogen-bond acceptors (Lipinski definition) is 6. The van der Waals surface area contributed by atoms with Crippen LogP contribution in [0.2, 0.25) is 5.02 Å². The first kappa shape index (κ1) is 22.7. The Balaban J connectivity index is 1.72. The monoisotopic (exact) mass is 465 g/mol. The van der Waals surface area contributed by atoms with E-state index in [1.54, 1.807) is 24.3 Å². The van der Waals surface area contributed by atoms with Gasteiger partial charge < -0.3 is 10.1 Å². The Morgan fingerprint density at radius 2 is 1.94 bits per heavy atom. The van der Waals surface area contributed by atoms with E-state index in [0.717, 1.165) is 16.5 Å². The van der Waals surface area contributed by atoms with Crippen molar-refractivity contribution in [2.45, 2.75) is 24.5 Å². The topological polar surface area (TPSA) is 122 Å². The van der Waals surface area contributed by atoms with Crippen LogP contribution >= 0.6 is 11.6 Å². The number of nitrogens with one attached hydrogen (secondary N) is 2. The number of hydrogen-bond donors (Lipinski definition) is 2. The lowest BCUT2D eigenvalue weighted by Crippen LogP contribution is -2.41. The Hall–Kier alpha value is -2.95. The van der Waals surface area contributed by atoms with Crippen molar-refractivity contribution >= 4 is 39.5 Å². The maximum absolute atomic E-state index is 12.7. The number of esters is 1. The molecule has 2 aromatic rings. The zero-order chi connectivity index (χ0) is 22.6. The third-order valence-corrected chi connectivity index (χ3v) is 6.40. The van der Waals surface area contributed by atoms with Gasteiger partial charge in [0.1, 0.15) is 4.90 Å². The highest BCUT2D eigenvalue weighted by Crippen LogP contribution is 2.23. The molecule has 1 aliphatic rings. The number of carbonyl (C=O) groups excluding carboxylic acids is 3. The van der Waals surface area contributed by atoms with Crippen LogP contribution in [0.4, 0.5) is 4.79 Å². The molecule has 1 unspecified atom stereocenters. The third kappa shape index (κ3) is 5.40. The molecule has 0 aliphatic carbocycles. The van der Waals surface area contributed by atoms with E-state index in [9.17, 15) is 22.8 Å². The third-order valence-electron chi connectivity index (χ3n) is 4.52. The van der Waals surface area contributed by atoms with E-state index in [1.165, 1.54) is 19.1 Å². The fourth-order valence-electron chi connectivity index (χ4n) is 2.87. The van der Waals surface area contributed by atoms with Crippen molar-refractivity contribution in [3.05, 3.63) is 64.7 Å². The molecule has 1 heterocycles. The summed E-state index contributed by atoms with van der Waals surface area (Å²) in [6, 6.07) is 12.0. The summed E-state index contributed by atoms with van der Waals surface area (Å²) in [5.41, 5.74) is 0.644. The van der Waals surface area contributed by atoms with Crippen molar-refractivity contribution in [2.75, 3.05) is 13.1 Å². The van der Waals surface area contributed by atoms with E-state index >= 15 is 0 Å². The number of carbonyl (C=O) groups is 3. The summed E-state index contributed by atoms with van der Waals surface area (Å²) in [7, 11) is -4.03. The summed E-state index contributed by atoms with van der Waals surface area (Å²) in [5.74, 6) is -1.59.